The molecule has 27 heavy (non-hydrogen) atoms. The van der Waals surface area contributed by atoms with Crippen LogP contribution in [0.1, 0.15) is 23.0 Å². The molecular weight excluding hydrogens is 343 g/mol. The van der Waals surface area contributed by atoms with Crippen molar-refractivity contribution in [1.82, 2.24) is 20.1 Å². The Bertz CT molecular complexity index is 1140. The molecule has 0 radical (unpaired) electrons. The van der Waals surface area contributed by atoms with Crippen LogP contribution in [0.5, 0.6) is 0 Å². The molecular formula is C21H17FN4O. The van der Waals surface area contributed by atoms with Crippen LogP contribution in [0.2, 0.25) is 0 Å². The first-order valence-corrected chi connectivity index (χ1v) is 8.77. The van der Waals surface area contributed by atoms with E-state index in [0.29, 0.717) is 18.7 Å². The number of H-pyrrole nitrogens is 1. The lowest BCUT2D eigenvalue weighted by Crippen LogP contribution is -2.22. The molecule has 0 saturated heterocycles. The van der Waals surface area contributed by atoms with E-state index in [1.54, 1.807) is 30.6 Å². The monoisotopic (exact) mass is 360 g/mol. The molecule has 1 aliphatic heterocycles. The van der Waals surface area contributed by atoms with Crippen LogP contribution in [0.15, 0.2) is 60.9 Å². The summed E-state index contributed by atoms with van der Waals surface area (Å²) in [4.78, 5) is 6.11. The van der Waals surface area contributed by atoms with Crippen molar-refractivity contribution >= 4 is 10.9 Å². The molecule has 0 saturated carbocycles. The van der Waals surface area contributed by atoms with Crippen molar-refractivity contribution in [1.29, 1.82) is 0 Å². The average molecular weight is 360 g/mol. The van der Waals surface area contributed by atoms with Crippen molar-refractivity contribution in [2.75, 3.05) is 0 Å². The van der Waals surface area contributed by atoms with Gasteiger partial charge >= 0.3 is 0 Å². The minimum atomic E-state index is -0.754. The maximum Gasteiger partial charge on any atom is 0.136 e. The lowest BCUT2D eigenvalue weighted by atomic mass is 10.0. The molecule has 5 rings (SSSR count). The summed E-state index contributed by atoms with van der Waals surface area (Å²) >= 11 is 0. The summed E-state index contributed by atoms with van der Waals surface area (Å²) in [6.45, 7) is 0.832. The summed E-state index contributed by atoms with van der Waals surface area (Å²) < 4.78 is 14.8. The number of halogens is 1. The maximum absolute atomic E-state index is 14.8. The van der Waals surface area contributed by atoms with Crippen LogP contribution in [-0.2, 0) is 13.1 Å². The number of nitrogens with zero attached hydrogens (tertiary/aromatic N) is 3. The number of rotatable bonds is 3. The minimum Gasteiger partial charge on any atom is -0.374 e. The van der Waals surface area contributed by atoms with Crippen molar-refractivity contribution in [3.05, 3.63) is 83.6 Å². The number of hydrogen-bond acceptors (Lipinski definition) is 4. The quantitative estimate of drug-likeness (QED) is 0.584. The zero-order valence-electron chi connectivity index (χ0n) is 14.4. The zero-order chi connectivity index (χ0) is 18.4. The molecule has 2 aromatic heterocycles. The lowest BCUT2D eigenvalue weighted by molar-refractivity contribution is 0.00695. The van der Waals surface area contributed by atoms with E-state index in [1.807, 2.05) is 35.2 Å². The third kappa shape index (κ3) is 2.79. The molecule has 0 aliphatic carbocycles. The number of benzene rings is 2. The third-order valence-corrected chi connectivity index (χ3v) is 5.10. The van der Waals surface area contributed by atoms with Crippen molar-refractivity contribution in [2.24, 2.45) is 0 Å². The Morgan fingerprint density at radius 3 is 2.85 bits per heavy atom. The first-order valence-electron chi connectivity index (χ1n) is 8.77. The van der Waals surface area contributed by atoms with Crippen LogP contribution >= 0.6 is 0 Å². The average Bonchev–Trinajstić information content (AvgIpc) is 3.28. The number of hydrogen-bond donors (Lipinski definition) is 2. The number of aromatic nitrogens is 3. The summed E-state index contributed by atoms with van der Waals surface area (Å²) in [5.74, 6) is -0.284. The standard InChI is InChI=1S/C21H17FN4O/c22-18-8-13(14-3-5-15-10-24-25-19(15)9-14)4-6-16(18)11-26-12-20-17(21(26)27)2-1-7-23-20/h1-10,21,27H,11-12H2,(H,24,25). The van der Waals surface area contributed by atoms with E-state index in [0.717, 1.165) is 33.3 Å². The van der Waals surface area contributed by atoms with Crippen molar-refractivity contribution in [3.63, 3.8) is 0 Å². The highest BCUT2D eigenvalue weighted by atomic mass is 19.1. The molecule has 1 unspecified atom stereocenters. The number of aliphatic hydroxyl groups excluding tert-OH is 1. The molecule has 3 heterocycles. The van der Waals surface area contributed by atoms with Gasteiger partial charge in [0.05, 0.1) is 17.4 Å². The van der Waals surface area contributed by atoms with Crippen molar-refractivity contribution in [3.8, 4) is 11.1 Å². The first-order chi connectivity index (χ1) is 13.2. The van der Waals surface area contributed by atoms with Gasteiger partial charge in [0, 0.05) is 35.8 Å². The number of nitrogens with one attached hydrogen (secondary N) is 1. The molecule has 1 aliphatic rings. The fraction of sp³-hybridized carbons (Fsp3) is 0.143. The van der Waals surface area contributed by atoms with Crippen molar-refractivity contribution < 1.29 is 9.50 Å². The van der Waals surface area contributed by atoms with Gasteiger partial charge in [-0.3, -0.25) is 15.0 Å². The predicted octanol–water partition coefficient (Wildman–Crippen LogP) is 3.77. The van der Waals surface area contributed by atoms with Crippen LogP contribution in [0.3, 0.4) is 0 Å². The van der Waals surface area contributed by atoms with Crippen molar-refractivity contribution in [2.45, 2.75) is 19.3 Å². The fourth-order valence-electron chi connectivity index (χ4n) is 3.63. The highest BCUT2D eigenvalue weighted by molar-refractivity contribution is 5.83. The molecule has 0 spiro atoms. The molecule has 4 aromatic rings. The van der Waals surface area contributed by atoms with Gasteiger partial charge in [-0.1, -0.05) is 30.3 Å². The molecule has 134 valence electrons. The van der Waals surface area contributed by atoms with Gasteiger partial charge in [0.25, 0.3) is 0 Å². The highest BCUT2D eigenvalue weighted by Gasteiger charge is 2.29. The van der Waals surface area contributed by atoms with Crippen LogP contribution < -0.4 is 0 Å². The summed E-state index contributed by atoms with van der Waals surface area (Å²) in [6.07, 6.45) is 2.72. The second-order valence-corrected chi connectivity index (χ2v) is 6.80. The summed E-state index contributed by atoms with van der Waals surface area (Å²) in [7, 11) is 0. The maximum atomic E-state index is 14.8. The Labute approximate surface area is 155 Å². The molecule has 0 amide bonds. The molecule has 0 bridgehead atoms. The van der Waals surface area contributed by atoms with Crippen LogP contribution in [-0.4, -0.2) is 25.2 Å². The van der Waals surface area contributed by atoms with Gasteiger partial charge in [0.15, 0.2) is 0 Å². The van der Waals surface area contributed by atoms with Gasteiger partial charge in [-0.05, 0) is 29.3 Å². The van der Waals surface area contributed by atoms with E-state index >= 15 is 0 Å². The minimum absolute atomic E-state index is 0.284. The molecule has 0 fully saturated rings. The van der Waals surface area contributed by atoms with Gasteiger partial charge in [0.1, 0.15) is 12.0 Å². The first kappa shape index (κ1) is 16.1. The normalized spacial score (nSPS) is 16.7. The Morgan fingerprint density at radius 2 is 2.00 bits per heavy atom. The van der Waals surface area contributed by atoms with Gasteiger partial charge in [-0.25, -0.2) is 4.39 Å². The van der Waals surface area contributed by atoms with E-state index in [-0.39, 0.29) is 5.82 Å². The highest BCUT2D eigenvalue weighted by Crippen LogP contribution is 2.32. The zero-order valence-corrected chi connectivity index (χ0v) is 14.4. The number of aliphatic hydroxyl groups is 1. The van der Waals surface area contributed by atoms with E-state index in [4.69, 9.17) is 0 Å². The molecule has 2 N–H and O–H groups in total. The Hall–Kier alpha value is -3.09. The smallest absolute Gasteiger partial charge is 0.136 e. The van der Waals surface area contributed by atoms with E-state index in [2.05, 4.69) is 15.2 Å². The molecule has 2 aromatic carbocycles. The second kappa shape index (κ2) is 6.26. The predicted molar refractivity (Wildman–Crippen MR) is 99.9 cm³/mol. The summed E-state index contributed by atoms with van der Waals surface area (Å²) in [5, 5.41) is 18.4. The summed E-state index contributed by atoms with van der Waals surface area (Å²) in [5.41, 5.74) is 4.84. The third-order valence-electron chi connectivity index (χ3n) is 5.10. The van der Waals surface area contributed by atoms with Crippen LogP contribution in [0.25, 0.3) is 22.0 Å². The second-order valence-electron chi connectivity index (χ2n) is 6.80. The summed E-state index contributed by atoms with van der Waals surface area (Å²) in [6, 6.07) is 14.8. The van der Waals surface area contributed by atoms with E-state index in [9.17, 15) is 9.50 Å². The van der Waals surface area contributed by atoms with Gasteiger partial charge < -0.3 is 5.11 Å². The SMILES string of the molecule is OC1c2cccnc2CN1Cc1ccc(-c2ccc3cn[nH]c3c2)cc1F. The topological polar surface area (TPSA) is 65.0 Å². The van der Waals surface area contributed by atoms with Gasteiger partial charge in [-0.15, -0.1) is 0 Å². The van der Waals surface area contributed by atoms with Crippen LogP contribution in [0, 0.1) is 5.82 Å². The Kier molecular flexibility index (Phi) is 3.74. The van der Waals surface area contributed by atoms with Gasteiger partial charge in [0.2, 0.25) is 0 Å². The largest absolute Gasteiger partial charge is 0.374 e. The van der Waals surface area contributed by atoms with Crippen LogP contribution in [0.4, 0.5) is 4.39 Å². The Morgan fingerprint density at radius 1 is 1.15 bits per heavy atom. The van der Waals surface area contributed by atoms with E-state index in [1.165, 1.54) is 0 Å². The molecule has 5 nitrogen and oxygen atoms in total. The number of fused-ring (bicyclic) bond motifs is 2. The Balaban J connectivity index is 1.40. The molecule has 6 heteroatoms. The number of aromatic amines is 1. The fourth-order valence-corrected chi connectivity index (χ4v) is 3.63. The van der Waals surface area contributed by atoms with Gasteiger partial charge in [-0.2, -0.15) is 5.10 Å². The van der Waals surface area contributed by atoms with E-state index < -0.39 is 6.23 Å². The lowest BCUT2D eigenvalue weighted by Gasteiger charge is -2.20. The molecule has 1 atom stereocenters. The number of pyridine rings is 1.